The van der Waals surface area contributed by atoms with E-state index in [1.807, 2.05) is 24.3 Å². The van der Waals surface area contributed by atoms with E-state index in [-0.39, 0.29) is 6.10 Å². The average molecular weight is 328 g/mol. The predicted molar refractivity (Wildman–Crippen MR) is 88.3 cm³/mol. The van der Waals surface area contributed by atoms with Gasteiger partial charge in [0.05, 0.1) is 12.7 Å². The molecule has 5 nitrogen and oxygen atoms in total. The first kappa shape index (κ1) is 14.7. The summed E-state index contributed by atoms with van der Waals surface area (Å²) < 4.78 is 16.5. The average Bonchev–Trinajstić information content (AvgIpc) is 3.09. The number of thioether (sulfide) groups is 1. The summed E-state index contributed by atoms with van der Waals surface area (Å²) in [7, 11) is 0. The zero-order valence-corrected chi connectivity index (χ0v) is 13.3. The quantitative estimate of drug-likeness (QED) is 0.680. The van der Waals surface area contributed by atoms with Gasteiger partial charge in [-0.15, -0.1) is 10.2 Å². The van der Waals surface area contributed by atoms with Gasteiger partial charge in [-0.25, -0.2) is 0 Å². The molecule has 2 aromatic carbocycles. The van der Waals surface area contributed by atoms with E-state index >= 15 is 0 Å². The molecule has 1 fully saturated rings. The predicted octanol–water partition coefficient (Wildman–Crippen LogP) is 3.74. The summed E-state index contributed by atoms with van der Waals surface area (Å²) in [5.74, 6) is 1.35. The van der Waals surface area contributed by atoms with Crippen LogP contribution in [0.25, 0.3) is 22.2 Å². The van der Waals surface area contributed by atoms with Crippen LogP contribution < -0.4 is 0 Å². The molecule has 0 bridgehead atoms. The number of fused-ring (bicyclic) bond motifs is 1. The Labute approximate surface area is 138 Å². The Bertz CT molecular complexity index is 794. The van der Waals surface area contributed by atoms with Crippen molar-refractivity contribution < 1.29 is 13.9 Å². The minimum absolute atomic E-state index is 0.182. The summed E-state index contributed by atoms with van der Waals surface area (Å²) in [6.45, 7) is 1.12. The van der Waals surface area contributed by atoms with Crippen LogP contribution in [0.1, 0.15) is 6.42 Å². The van der Waals surface area contributed by atoms with Crippen molar-refractivity contribution in [3.63, 3.8) is 0 Å². The molecule has 0 spiro atoms. The van der Waals surface area contributed by atoms with Crippen LogP contribution >= 0.6 is 11.8 Å². The van der Waals surface area contributed by atoms with Gasteiger partial charge in [0.15, 0.2) is 0 Å². The fraction of sp³-hybridized carbons (Fsp3) is 0.294. The molecule has 0 aliphatic carbocycles. The Morgan fingerprint density at radius 3 is 2.91 bits per heavy atom. The minimum Gasteiger partial charge on any atom is -0.411 e. The van der Waals surface area contributed by atoms with E-state index in [9.17, 15) is 0 Å². The summed E-state index contributed by atoms with van der Waals surface area (Å²) in [5, 5.41) is 11.2. The third-order valence-electron chi connectivity index (χ3n) is 3.79. The third kappa shape index (κ3) is 3.24. The maximum absolute atomic E-state index is 5.82. The summed E-state index contributed by atoms with van der Waals surface area (Å²) in [5.41, 5.74) is 0.963. The van der Waals surface area contributed by atoms with Crippen LogP contribution in [0.15, 0.2) is 52.1 Å². The minimum atomic E-state index is 0.182. The standard InChI is InChI=1S/C17H16N2O3S/c1-2-6-14-12(4-1)5-3-7-15(14)16-18-19-17(22-16)23-10-13-8-9-20-11-21-13/h1-7,13H,8-11H2. The van der Waals surface area contributed by atoms with Gasteiger partial charge in [0.25, 0.3) is 5.22 Å². The highest BCUT2D eigenvalue weighted by Gasteiger charge is 2.17. The van der Waals surface area contributed by atoms with Crippen LogP contribution in [-0.4, -0.2) is 35.5 Å². The van der Waals surface area contributed by atoms with Crippen molar-refractivity contribution in [2.75, 3.05) is 19.2 Å². The Hall–Kier alpha value is -1.89. The lowest BCUT2D eigenvalue weighted by Gasteiger charge is -2.21. The topological polar surface area (TPSA) is 57.4 Å². The van der Waals surface area contributed by atoms with E-state index in [0.29, 0.717) is 17.9 Å². The highest BCUT2D eigenvalue weighted by molar-refractivity contribution is 7.99. The van der Waals surface area contributed by atoms with Crippen LogP contribution in [0.5, 0.6) is 0 Å². The Balaban J connectivity index is 1.52. The van der Waals surface area contributed by atoms with Crippen molar-refractivity contribution in [1.29, 1.82) is 0 Å². The van der Waals surface area contributed by atoms with Crippen molar-refractivity contribution >= 4 is 22.5 Å². The SMILES string of the molecule is c1ccc2c(-c3nnc(SCC4CCOCO4)o3)cccc2c1. The third-order valence-corrected chi connectivity index (χ3v) is 4.74. The molecule has 4 rings (SSSR count). The second kappa shape index (κ2) is 6.70. The molecule has 1 atom stereocenters. The molecule has 1 aromatic heterocycles. The van der Waals surface area contributed by atoms with E-state index < -0.39 is 0 Å². The van der Waals surface area contributed by atoms with Gasteiger partial charge in [0, 0.05) is 11.3 Å². The van der Waals surface area contributed by atoms with Crippen LogP contribution in [0.3, 0.4) is 0 Å². The lowest BCUT2D eigenvalue weighted by atomic mass is 10.0. The molecular formula is C17H16N2O3S. The smallest absolute Gasteiger partial charge is 0.276 e. The lowest BCUT2D eigenvalue weighted by molar-refractivity contribution is -0.130. The summed E-state index contributed by atoms with van der Waals surface area (Å²) >= 11 is 1.53. The molecule has 1 aliphatic rings. The van der Waals surface area contributed by atoms with Crippen molar-refractivity contribution in [3.8, 4) is 11.5 Å². The van der Waals surface area contributed by atoms with Crippen LogP contribution in [0.2, 0.25) is 0 Å². The molecule has 1 aliphatic heterocycles. The fourth-order valence-electron chi connectivity index (χ4n) is 2.59. The zero-order valence-electron chi connectivity index (χ0n) is 12.5. The van der Waals surface area contributed by atoms with Gasteiger partial charge in [-0.2, -0.15) is 0 Å². The first-order valence-electron chi connectivity index (χ1n) is 7.54. The van der Waals surface area contributed by atoms with Gasteiger partial charge in [-0.1, -0.05) is 48.2 Å². The van der Waals surface area contributed by atoms with E-state index in [4.69, 9.17) is 13.9 Å². The monoisotopic (exact) mass is 328 g/mol. The van der Waals surface area contributed by atoms with Crippen molar-refractivity contribution in [1.82, 2.24) is 10.2 Å². The summed E-state index contributed by atoms with van der Waals surface area (Å²) in [4.78, 5) is 0. The number of hydrogen-bond donors (Lipinski definition) is 0. The van der Waals surface area contributed by atoms with Gasteiger partial charge >= 0.3 is 0 Å². The number of ether oxygens (including phenoxy) is 2. The lowest BCUT2D eigenvalue weighted by Crippen LogP contribution is -2.25. The molecule has 118 valence electrons. The Morgan fingerprint density at radius 2 is 2.00 bits per heavy atom. The van der Waals surface area contributed by atoms with Crippen LogP contribution in [0, 0.1) is 0 Å². The van der Waals surface area contributed by atoms with E-state index in [1.165, 1.54) is 11.8 Å². The van der Waals surface area contributed by atoms with E-state index in [2.05, 4.69) is 28.4 Å². The largest absolute Gasteiger partial charge is 0.411 e. The van der Waals surface area contributed by atoms with Gasteiger partial charge < -0.3 is 13.9 Å². The molecule has 0 N–H and O–H groups in total. The number of benzene rings is 2. The number of aromatic nitrogens is 2. The first-order valence-corrected chi connectivity index (χ1v) is 8.52. The normalized spacial score (nSPS) is 18.3. The zero-order chi connectivity index (χ0) is 15.5. The van der Waals surface area contributed by atoms with Crippen LogP contribution in [0.4, 0.5) is 0 Å². The Morgan fingerprint density at radius 1 is 1.09 bits per heavy atom. The van der Waals surface area contributed by atoms with Gasteiger partial charge in [0.1, 0.15) is 6.79 Å². The highest BCUT2D eigenvalue weighted by Crippen LogP contribution is 2.30. The van der Waals surface area contributed by atoms with Crippen LogP contribution in [-0.2, 0) is 9.47 Å². The summed E-state index contributed by atoms with van der Waals surface area (Å²) in [6.07, 6.45) is 1.08. The van der Waals surface area contributed by atoms with Gasteiger partial charge in [-0.3, -0.25) is 0 Å². The second-order valence-electron chi connectivity index (χ2n) is 5.31. The highest BCUT2D eigenvalue weighted by atomic mass is 32.2. The van der Waals surface area contributed by atoms with Gasteiger partial charge in [0.2, 0.25) is 5.89 Å². The molecule has 1 saturated heterocycles. The fourth-order valence-corrected chi connectivity index (χ4v) is 3.41. The Kier molecular flexibility index (Phi) is 4.28. The maximum Gasteiger partial charge on any atom is 0.276 e. The molecule has 0 radical (unpaired) electrons. The molecule has 0 saturated carbocycles. The van der Waals surface area contributed by atoms with Gasteiger partial charge in [-0.05, 0) is 23.3 Å². The molecule has 6 heteroatoms. The molecule has 0 amide bonds. The molecule has 2 heterocycles. The van der Waals surface area contributed by atoms with Crippen molar-refractivity contribution in [2.45, 2.75) is 17.7 Å². The van der Waals surface area contributed by atoms with Crippen molar-refractivity contribution in [3.05, 3.63) is 42.5 Å². The number of nitrogens with zero attached hydrogens (tertiary/aromatic N) is 2. The molecule has 1 unspecified atom stereocenters. The first-order chi connectivity index (χ1) is 11.4. The second-order valence-corrected chi connectivity index (χ2v) is 6.29. The number of rotatable bonds is 4. The van der Waals surface area contributed by atoms with E-state index in [1.54, 1.807) is 0 Å². The molecule has 3 aromatic rings. The molecular weight excluding hydrogens is 312 g/mol. The molecule has 23 heavy (non-hydrogen) atoms. The van der Waals surface area contributed by atoms with Crippen molar-refractivity contribution in [2.24, 2.45) is 0 Å². The number of hydrogen-bond acceptors (Lipinski definition) is 6. The summed E-state index contributed by atoms with van der Waals surface area (Å²) in [6, 6.07) is 14.3. The van der Waals surface area contributed by atoms with E-state index in [0.717, 1.165) is 35.1 Å². The maximum atomic E-state index is 5.82.